The fourth-order valence-corrected chi connectivity index (χ4v) is 1.42. The summed E-state index contributed by atoms with van der Waals surface area (Å²) >= 11 is 5.80. The Bertz CT molecular complexity index is 275. The lowest BCUT2D eigenvalue weighted by Gasteiger charge is -2.26. The molecule has 0 aromatic heterocycles. The fourth-order valence-electron chi connectivity index (χ4n) is 1.24. The van der Waals surface area contributed by atoms with E-state index in [4.69, 9.17) is 16.3 Å². The first-order chi connectivity index (χ1) is 6.69. The Morgan fingerprint density at radius 2 is 2.43 bits per heavy atom. The van der Waals surface area contributed by atoms with Gasteiger partial charge in [0.25, 0.3) is 0 Å². The molecule has 1 aliphatic heterocycles. The Kier molecular flexibility index (Phi) is 3.95. The summed E-state index contributed by atoms with van der Waals surface area (Å²) in [6, 6.07) is 0. The molecular formula is C9H12ClNO3. The van der Waals surface area contributed by atoms with Gasteiger partial charge >= 0.3 is 6.09 Å². The van der Waals surface area contributed by atoms with Gasteiger partial charge in [-0.3, -0.25) is 4.79 Å². The van der Waals surface area contributed by atoms with Crippen LogP contribution in [0.3, 0.4) is 0 Å². The summed E-state index contributed by atoms with van der Waals surface area (Å²) in [7, 11) is 0. The van der Waals surface area contributed by atoms with Crippen molar-refractivity contribution in [2.45, 2.75) is 13.3 Å². The van der Waals surface area contributed by atoms with E-state index in [0.29, 0.717) is 36.5 Å². The molecule has 0 atom stereocenters. The summed E-state index contributed by atoms with van der Waals surface area (Å²) in [4.78, 5) is 23.3. The third kappa shape index (κ3) is 2.48. The average Bonchev–Trinajstić information content (AvgIpc) is 2.19. The summed E-state index contributed by atoms with van der Waals surface area (Å²) < 4.78 is 4.81. The number of hydrogen-bond donors (Lipinski definition) is 0. The van der Waals surface area contributed by atoms with Crippen LogP contribution in [0.4, 0.5) is 4.79 Å². The minimum absolute atomic E-state index is 0.251. The first-order valence-electron chi connectivity index (χ1n) is 4.43. The van der Waals surface area contributed by atoms with Gasteiger partial charge < -0.3 is 9.64 Å². The van der Waals surface area contributed by atoms with E-state index in [-0.39, 0.29) is 6.54 Å². The van der Waals surface area contributed by atoms with Crippen LogP contribution in [0.1, 0.15) is 13.3 Å². The highest BCUT2D eigenvalue weighted by molar-refractivity contribution is 6.31. The molecular weight excluding hydrogens is 206 g/mol. The summed E-state index contributed by atoms with van der Waals surface area (Å²) in [5.41, 5.74) is 0.464. The van der Waals surface area contributed by atoms with Crippen molar-refractivity contribution in [2.24, 2.45) is 0 Å². The van der Waals surface area contributed by atoms with Crippen LogP contribution in [0.25, 0.3) is 0 Å². The van der Waals surface area contributed by atoms with Crippen molar-refractivity contribution >= 4 is 24.0 Å². The maximum absolute atomic E-state index is 11.3. The number of rotatable bonds is 2. The van der Waals surface area contributed by atoms with Gasteiger partial charge in [-0.15, -0.1) is 0 Å². The fraction of sp³-hybridized carbons (Fsp3) is 0.556. The van der Waals surface area contributed by atoms with Crippen molar-refractivity contribution in [3.8, 4) is 0 Å². The zero-order valence-corrected chi connectivity index (χ0v) is 8.71. The summed E-state index contributed by atoms with van der Waals surface area (Å²) in [6.07, 6.45) is 0.818. The van der Waals surface area contributed by atoms with E-state index in [0.717, 1.165) is 0 Å². The molecule has 0 saturated carbocycles. The van der Waals surface area contributed by atoms with Crippen LogP contribution in [0.5, 0.6) is 0 Å². The van der Waals surface area contributed by atoms with Crippen LogP contribution in [-0.4, -0.2) is 37.0 Å². The minimum Gasteiger partial charge on any atom is -0.450 e. The number of carbonyl (C=O) groups is 2. The second kappa shape index (κ2) is 5.00. The molecule has 1 rings (SSSR count). The normalized spacial score (nSPS) is 16.9. The smallest absolute Gasteiger partial charge is 0.410 e. The third-order valence-electron chi connectivity index (χ3n) is 1.98. The molecule has 78 valence electrons. The van der Waals surface area contributed by atoms with Gasteiger partial charge in [0.2, 0.25) is 0 Å². The summed E-state index contributed by atoms with van der Waals surface area (Å²) in [6.45, 7) is 2.84. The molecule has 0 N–H and O–H groups in total. The predicted octanol–water partition coefficient (Wildman–Crippen LogP) is 1.54. The van der Waals surface area contributed by atoms with Crippen molar-refractivity contribution < 1.29 is 14.3 Å². The van der Waals surface area contributed by atoms with Crippen LogP contribution in [0.2, 0.25) is 0 Å². The van der Waals surface area contributed by atoms with E-state index in [2.05, 4.69) is 0 Å². The molecule has 0 aliphatic carbocycles. The maximum atomic E-state index is 11.3. The molecule has 1 aliphatic rings. The highest BCUT2D eigenvalue weighted by atomic mass is 35.5. The van der Waals surface area contributed by atoms with E-state index in [1.165, 1.54) is 4.90 Å². The predicted molar refractivity (Wildman–Crippen MR) is 52.2 cm³/mol. The molecule has 0 fully saturated rings. The van der Waals surface area contributed by atoms with Crippen molar-refractivity contribution in [1.29, 1.82) is 0 Å². The zero-order valence-electron chi connectivity index (χ0n) is 7.96. The highest BCUT2D eigenvalue weighted by Gasteiger charge is 2.22. The topological polar surface area (TPSA) is 46.6 Å². The van der Waals surface area contributed by atoms with Crippen LogP contribution < -0.4 is 0 Å². The van der Waals surface area contributed by atoms with Gasteiger partial charge in [0.15, 0.2) is 0 Å². The third-order valence-corrected chi connectivity index (χ3v) is 2.41. The van der Waals surface area contributed by atoms with Gasteiger partial charge in [-0.2, -0.15) is 0 Å². The Morgan fingerprint density at radius 3 is 3.00 bits per heavy atom. The van der Waals surface area contributed by atoms with Crippen LogP contribution in [0, 0.1) is 0 Å². The van der Waals surface area contributed by atoms with E-state index in [1.54, 1.807) is 6.92 Å². The Labute approximate surface area is 87.5 Å². The lowest BCUT2D eigenvalue weighted by atomic mass is 10.1. The summed E-state index contributed by atoms with van der Waals surface area (Å²) in [5.74, 6) is 0. The second-order valence-electron chi connectivity index (χ2n) is 2.92. The van der Waals surface area contributed by atoms with Crippen molar-refractivity contribution in [2.75, 3.05) is 19.7 Å². The Morgan fingerprint density at radius 1 is 1.71 bits per heavy atom. The van der Waals surface area contributed by atoms with Gasteiger partial charge in [0, 0.05) is 23.6 Å². The first-order valence-corrected chi connectivity index (χ1v) is 4.81. The van der Waals surface area contributed by atoms with Crippen molar-refractivity contribution in [3.05, 3.63) is 10.6 Å². The molecule has 0 aromatic carbocycles. The molecule has 0 spiro atoms. The molecule has 0 aromatic rings. The average molecular weight is 218 g/mol. The molecule has 0 unspecified atom stereocenters. The molecule has 5 heteroatoms. The minimum atomic E-state index is -0.393. The molecule has 0 saturated heterocycles. The molecule has 4 nitrogen and oxygen atoms in total. The SMILES string of the molecule is CCOC(=O)N1CCC(Cl)=C(C=O)C1. The van der Waals surface area contributed by atoms with Crippen molar-refractivity contribution in [1.82, 2.24) is 4.90 Å². The van der Waals surface area contributed by atoms with Crippen LogP contribution in [0.15, 0.2) is 10.6 Å². The van der Waals surface area contributed by atoms with E-state index in [1.807, 2.05) is 0 Å². The van der Waals surface area contributed by atoms with Gasteiger partial charge in [-0.1, -0.05) is 11.6 Å². The molecule has 0 radical (unpaired) electrons. The Balaban J connectivity index is 2.62. The van der Waals surface area contributed by atoms with Gasteiger partial charge in [0.1, 0.15) is 6.29 Å². The number of aldehydes is 1. The number of hydrogen-bond acceptors (Lipinski definition) is 3. The number of carbonyl (C=O) groups excluding carboxylic acids is 2. The number of amides is 1. The van der Waals surface area contributed by atoms with Crippen LogP contribution in [-0.2, 0) is 9.53 Å². The Hall–Kier alpha value is -1.03. The highest BCUT2D eigenvalue weighted by Crippen LogP contribution is 2.20. The van der Waals surface area contributed by atoms with Gasteiger partial charge in [-0.25, -0.2) is 4.79 Å². The lowest BCUT2D eigenvalue weighted by molar-refractivity contribution is -0.105. The number of ether oxygens (including phenoxy) is 1. The largest absolute Gasteiger partial charge is 0.450 e. The van der Waals surface area contributed by atoms with Gasteiger partial charge in [0.05, 0.1) is 13.2 Å². The maximum Gasteiger partial charge on any atom is 0.410 e. The van der Waals surface area contributed by atoms with E-state index >= 15 is 0 Å². The van der Waals surface area contributed by atoms with Gasteiger partial charge in [-0.05, 0) is 6.92 Å². The second-order valence-corrected chi connectivity index (χ2v) is 3.37. The monoisotopic (exact) mass is 217 g/mol. The quantitative estimate of drug-likeness (QED) is 0.660. The number of halogens is 1. The number of nitrogens with zero attached hydrogens (tertiary/aromatic N) is 1. The standard InChI is InChI=1S/C9H12ClNO3/c1-2-14-9(13)11-4-3-8(10)7(5-11)6-12/h6H,2-5H2,1H3. The zero-order chi connectivity index (χ0) is 10.6. The van der Waals surface area contributed by atoms with E-state index < -0.39 is 6.09 Å². The van der Waals surface area contributed by atoms with Crippen molar-refractivity contribution in [3.63, 3.8) is 0 Å². The molecule has 0 bridgehead atoms. The van der Waals surface area contributed by atoms with Crippen LogP contribution >= 0.6 is 11.6 Å². The molecule has 14 heavy (non-hydrogen) atoms. The van der Waals surface area contributed by atoms with E-state index in [9.17, 15) is 9.59 Å². The molecule has 1 amide bonds. The summed E-state index contributed by atoms with van der Waals surface area (Å²) in [5, 5.41) is 0.542. The lowest BCUT2D eigenvalue weighted by Crippen LogP contribution is -2.37. The first kappa shape index (κ1) is 11.0. The molecule has 1 heterocycles.